The van der Waals surface area contributed by atoms with Gasteiger partial charge in [0.05, 0.1) is 6.61 Å². The van der Waals surface area contributed by atoms with Gasteiger partial charge in [-0.3, -0.25) is 0 Å². The number of cyclic esters (lactones) is 1. The van der Waals surface area contributed by atoms with E-state index in [1.54, 1.807) is 0 Å². The molecule has 0 bridgehead atoms. The van der Waals surface area contributed by atoms with E-state index < -0.39 is 36.3 Å². The summed E-state index contributed by atoms with van der Waals surface area (Å²) >= 11 is 0. The van der Waals surface area contributed by atoms with Gasteiger partial charge in [0.2, 0.25) is 5.76 Å². The third-order valence-corrected chi connectivity index (χ3v) is 5.90. The minimum atomic E-state index is -1.42. The molecule has 0 aliphatic carbocycles. The maximum Gasteiger partial charge on any atom is 0.377 e. The molecule has 1 aliphatic heterocycles. The highest BCUT2D eigenvalue weighted by atomic mass is 16.6. The van der Waals surface area contributed by atoms with Gasteiger partial charge >= 0.3 is 5.97 Å². The Morgan fingerprint density at radius 2 is 1.21 bits per heavy atom. The fourth-order valence-corrected chi connectivity index (χ4v) is 3.62. The molecule has 1 aliphatic rings. The van der Waals surface area contributed by atoms with Crippen molar-refractivity contribution in [3.05, 3.63) is 69.2 Å². The Hall–Kier alpha value is -3.23. The number of esters is 1. The van der Waals surface area contributed by atoms with Gasteiger partial charge in [-0.1, -0.05) is 38.1 Å². The Morgan fingerprint density at radius 3 is 1.48 bits per heavy atom. The lowest BCUT2D eigenvalue weighted by molar-refractivity contribution is -0.147. The summed E-state index contributed by atoms with van der Waals surface area (Å²) in [6.45, 7) is 11.4. The Morgan fingerprint density at radius 1 is 0.848 bits per heavy atom. The first-order valence-electron chi connectivity index (χ1n) is 10.5. The predicted octanol–water partition coefficient (Wildman–Crippen LogP) is 3.25. The van der Waals surface area contributed by atoms with Crippen LogP contribution in [-0.4, -0.2) is 55.4 Å². The number of aryl methyl sites for hydroxylation is 4. The number of carbonyl (C=O) groups excluding carboxylic acids is 1. The van der Waals surface area contributed by atoms with E-state index in [0.29, 0.717) is 11.5 Å². The summed E-state index contributed by atoms with van der Waals surface area (Å²) in [4.78, 5) is 10.5. The number of hydrogen-bond donors (Lipinski definition) is 6. The number of aliphatic hydroxyl groups excluding tert-OH is 4. The van der Waals surface area contributed by atoms with Crippen molar-refractivity contribution in [3.63, 3.8) is 0 Å². The number of aromatic hydroxyl groups is 2. The first-order chi connectivity index (χ1) is 15.2. The molecule has 0 unspecified atom stereocenters. The predicted molar refractivity (Wildman–Crippen MR) is 123 cm³/mol. The molecule has 2 aromatic rings. The van der Waals surface area contributed by atoms with Crippen LogP contribution in [0.1, 0.15) is 47.2 Å². The third kappa shape index (κ3) is 5.23. The second-order valence-corrected chi connectivity index (χ2v) is 8.85. The van der Waals surface area contributed by atoms with E-state index in [0.717, 1.165) is 22.3 Å². The van der Waals surface area contributed by atoms with Gasteiger partial charge in [-0.2, -0.15) is 0 Å². The Balaban J connectivity index is 0.000000273. The van der Waals surface area contributed by atoms with Crippen LogP contribution in [0.25, 0.3) is 0 Å². The molecule has 0 saturated carbocycles. The number of aliphatic hydroxyl groups is 4. The zero-order chi connectivity index (χ0) is 25.2. The minimum Gasteiger partial charge on any atom is -0.507 e. The first-order valence-corrected chi connectivity index (χ1v) is 10.5. The van der Waals surface area contributed by atoms with Crippen LogP contribution in [0.5, 0.6) is 11.5 Å². The quantitative estimate of drug-likeness (QED) is 0.381. The van der Waals surface area contributed by atoms with Gasteiger partial charge in [-0.15, -0.1) is 0 Å². The van der Waals surface area contributed by atoms with E-state index in [1.165, 1.54) is 11.1 Å². The lowest BCUT2D eigenvalue weighted by Gasteiger charge is -2.28. The normalized spacial score (nSPS) is 16.8. The van der Waals surface area contributed by atoms with E-state index in [9.17, 15) is 15.0 Å². The summed E-state index contributed by atoms with van der Waals surface area (Å²) in [5, 5.41) is 55.0. The van der Waals surface area contributed by atoms with Crippen LogP contribution in [0.15, 0.2) is 35.8 Å². The highest BCUT2D eigenvalue weighted by Crippen LogP contribution is 2.37. The van der Waals surface area contributed by atoms with Gasteiger partial charge in [-0.25, -0.2) is 4.79 Å². The van der Waals surface area contributed by atoms with Crippen molar-refractivity contribution in [1.29, 1.82) is 0 Å². The van der Waals surface area contributed by atoms with Crippen LogP contribution in [0.3, 0.4) is 0 Å². The molecular formula is C25H32O8. The molecule has 0 spiro atoms. The molecule has 0 amide bonds. The molecule has 180 valence electrons. The molecular weight excluding hydrogens is 428 g/mol. The maximum absolute atomic E-state index is 10.5. The van der Waals surface area contributed by atoms with Crippen LogP contribution in [-0.2, 0) is 14.9 Å². The van der Waals surface area contributed by atoms with Crippen molar-refractivity contribution in [2.75, 3.05) is 6.61 Å². The third-order valence-electron chi connectivity index (χ3n) is 5.90. The first kappa shape index (κ1) is 26.0. The summed E-state index contributed by atoms with van der Waals surface area (Å²) < 4.78 is 4.32. The molecule has 1 heterocycles. The zero-order valence-corrected chi connectivity index (χ0v) is 19.7. The maximum atomic E-state index is 10.5. The van der Waals surface area contributed by atoms with Crippen LogP contribution in [0.2, 0.25) is 0 Å². The van der Waals surface area contributed by atoms with Crippen LogP contribution < -0.4 is 0 Å². The highest BCUT2D eigenvalue weighted by Gasteiger charge is 2.38. The van der Waals surface area contributed by atoms with Crippen molar-refractivity contribution in [1.82, 2.24) is 0 Å². The van der Waals surface area contributed by atoms with Gasteiger partial charge in [0, 0.05) is 5.41 Å². The number of phenols is 2. The van der Waals surface area contributed by atoms with Crippen molar-refractivity contribution in [3.8, 4) is 11.5 Å². The van der Waals surface area contributed by atoms with Gasteiger partial charge < -0.3 is 35.4 Å². The molecule has 2 aromatic carbocycles. The fourth-order valence-electron chi connectivity index (χ4n) is 3.62. The molecule has 33 heavy (non-hydrogen) atoms. The van der Waals surface area contributed by atoms with Gasteiger partial charge in [0.1, 0.15) is 17.6 Å². The second kappa shape index (κ2) is 9.72. The van der Waals surface area contributed by atoms with Crippen molar-refractivity contribution in [2.45, 2.75) is 59.2 Å². The van der Waals surface area contributed by atoms with Crippen LogP contribution >= 0.6 is 0 Å². The summed E-state index contributed by atoms with van der Waals surface area (Å²) in [6, 6.07) is 8.17. The van der Waals surface area contributed by atoms with E-state index in [2.05, 4.69) is 18.6 Å². The molecule has 0 aromatic heterocycles. The summed E-state index contributed by atoms with van der Waals surface area (Å²) in [5.74, 6) is -2.04. The standard InChI is InChI=1S/C19H24O2.C6H8O6/c1-11-7-15(8-12(2)17(11)20)19(5,6)16-9-13(3)18(21)14(4)10-16;7-1-2(8)5-3(9)4(10)6(11)12-5/h7-10,20-21H,1-6H3;2,5,7-10H,1H2/t;2-,5+/m.0/s1. The van der Waals surface area contributed by atoms with E-state index in [4.69, 9.17) is 20.4 Å². The summed E-state index contributed by atoms with van der Waals surface area (Å²) in [6.07, 6.45) is -2.78. The monoisotopic (exact) mass is 460 g/mol. The molecule has 0 radical (unpaired) electrons. The van der Waals surface area contributed by atoms with Gasteiger partial charge in [-0.05, 0) is 61.1 Å². The van der Waals surface area contributed by atoms with E-state index in [-0.39, 0.29) is 5.41 Å². The largest absolute Gasteiger partial charge is 0.507 e. The molecule has 6 N–H and O–H groups in total. The molecule has 8 heteroatoms. The van der Waals surface area contributed by atoms with Crippen LogP contribution in [0, 0.1) is 27.7 Å². The van der Waals surface area contributed by atoms with E-state index >= 15 is 0 Å². The highest BCUT2D eigenvalue weighted by molar-refractivity contribution is 5.89. The van der Waals surface area contributed by atoms with Crippen LogP contribution in [0.4, 0.5) is 0 Å². The fraction of sp³-hybridized carbons (Fsp3) is 0.400. The minimum absolute atomic E-state index is 0.188. The molecule has 0 saturated heterocycles. The Bertz CT molecular complexity index is 978. The number of ether oxygens (including phenoxy) is 1. The summed E-state index contributed by atoms with van der Waals surface area (Å²) in [7, 11) is 0. The van der Waals surface area contributed by atoms with Crippen molar-refractivity contribution < 1.29 is 40.2 Å². The molecule has 0 fully saturated rings. The van der Waals surface area contributed by atoms with Gasteiger partial charge in [0.15, 0.2) is 11.9 Å². The molecule has 8 nitrogen and oxygen atoms in total. The Labute approximate surface area is 193 Å². The molecule has 3 rings (SSSR count). The second-order valence-electron chi connectivity index (χ2n) is 8.85. The van der Waals surface area contributed by atoms with Gasteiger partial charge in [0.25, 0.3) is 0 Å². The zero-order valence-electron chi connectivity index (χ0n) is 19.7. The number of benzene rings is 2. The lowest BCUT2D eigenvalue weighted by atomic mass is 9.76. The average Bonchev–Trinajstić information content (AvgIpc) is 3.02. The topological polar surface area (TPSA) is 148 Å². The lowest BCUT2D eigenvalue weighted by Crippen LogP contribution is -2.31. The number of hydrogen-bond acceptors (Lipinski definition) is 8. The molecule has 2 atom stereocenters. The number of carbonyl (C=O) groups is 1. The van der Waals surface area contributed by atoms with Crippen molar-refractivity contribution in [2.24, 2.45) is 0 Å². The smallest absolute Gasteiger partial charge is 0.377 e. The number of rotatable bonds is 4. The van der Waals surface area contributed by atoms with E-state index in [1.807, 2.05) is 52.0 Å². The number of phenolic OH excluding ortho intramolecular Hbond substituents is 2. The SMILES string of the molecule is Cc1cc(C(C)(C)c2cc(C)c(O)c(C)c2)cc(C)c1O.O=C1O[C@H]([C@@H](O)CO)C(O)=C1O. The summed E-state index contributed by atoms with van der Waals surface area (Å²) in [5.41, 5.74) is 5.72. The van der Waals surface area contributed by atoms with Crippen molar-refractivity contribution >= 4 is 5.97 Å². The average molecular weight is 461 g/mol. The Kier molecular flexibility index (Phi) is 7.67.